The summed E-state index contributed by atoms with van der Waals surface area (Å²) in [6.45, 7) is 4.59. The summed E-state index contributed by atoms with van der Waals surface area (Å²) in [5.41, 5.74) is 4.75. The van der Waals surface area contributed by atoms with Gasteiger partial charge >= 0.3 is 5.97 Å². The van der Waals surface area contributed by atoms with Crippen molar-refractivity contribution in [3.05, 3.63) is 28.2 Å². The summed E-state index contributed by atoms with van der Waals surface area (Å²) >= 11 is 7.00. The van der Waals surface area contributed by atoms with Crippen LogP contribution in [0.3, 0.4) is 0 Å². The number of ether oxygens (including phenoxy) is 1. The number of thiazole rings is 1. The van der Waals surface area contributed by atoms with E-state index in [4.69, 9.17) is 10.5 Å². The van der Waals surface area contributed by atoms with Crippen LogP contribution in [0.5, 0.6) is 0 Å². The number of nitrogens with one attached hydrogen (secondary N) is 2. The lowest BCUT2D eigenvalue weighted by molar-refractivity contribution is -0.148. The number of aromatic nitrogens is 1. The fourth-order valence-corrected chi connectivity index (χ4v) is 4.76. The predicted molar refractivity (Wildman–Crippen MR) is 136 cm³/mol. The molecule has 2 aliphatic rings. The molecule has 2 aliphatic heterocycles. The average Bonchev–Trinajstić information content (AvgIpc) is 3.43. The van der Waals surface area contributed by atoms with Crippen molar-refractivity contribution in [3.63, 3.8) is 0 Å². The number of aliphatic imine (C=N–C) groups is 1. The van der Waals surface area contributed by atoms with Crippen molar-refractivity contribution in [2.75, 3.05) is 24.6 Å². The van der Waals surface area contributed by atoms with Gasteiger partial charge in [-0.15, -0.1) is 23.1 Å². The van der Waals surface area contributed by atoms with Crippen LogP contribution in [0.25, 0.3) is 0 Å². The number of cyclic esters (lactones) is 1. The van der Waals surface area contributed by atoms with Gasteiger partial charge in [0, 0.05) is 11.1 Å². The van der Waals surface area contributed by atoms with E-state index < -0.39 is 17.6 Å². The van der Waals surface area contributed by atoms with E-state index in [0.717, 1.165) is 18.0 Å². The van der Waals surface area contributed by atoms with Crippen molar-refractivity contribution in [2.24, 2.45) is 10.7 Å². The molecule has 182 valence electrons. The van der Waals surface area contributed by atoms with Gasteiger partial charge in [0.2, 0.25) is 11.8 Å². The van der Waals surface area contributed by atoms with Gasteiger partial charge in [0.05, 0.1) is 13.0 Å². The molecule has 0 saturated heterocycles. The zero-order chi connectivity index (χ0) is 24.3. The topological polar surface area (TPSA) is 136 Å². The van der Waals surface area contributed by atoms with Gasteiger partial charge in [-0.1, -0.05) is 13.0 Å². The largest absolute Gasteiger partial charge is 0.456 e. The molecule has 0 radical (unpaired) electrons. The molecule has 1 aromatic heterocycles. The second kappa shape index (κ2) is 13.7. The first-order valence-corrected chi connectivity index (χ1v) is 13.2. The number of hydrogen-bond acceptors (Lipinski definition) is 10. The normalized spacial score (nSPS) is 23.8. The van der Waals surface area contributed by atoms with Crippen LogP contribution in [-0.4, -0.2) is 64.0 Å². The minimum atomic E-state index is -0.971. The number of nitrogens with zero attached hydrogens (tertiary/aromatic N) is 2. The van der Waals surface area contributed by atoms with Gasteiger partial charge in [0.15, 0.2) is 0 Å². The molecule has 2 atom stereocenters. The zero-order valence-electron chi connectivity index (χ0n) is 18.8. The maximum absolute atomic E-state index is 12.6. The molecule has 3 rings (SSSR count). The molecule has 12 heteroatoms. The number of carbonyl (C=O) groups is 3. The van der Waals surface area contributed by atoms with Crippen molar-refractivity contribution in [3.8, 4) is 0 Å². The van der Waals surface area contributed by atoms with Crippen molar-refractivity contribution in [2.45, 2.75) is 51.3 Å². The molecule has 33 heavy (non-hydrogen) atoms. The minimum Gasteiger partial charge on any atom is -0.456 e. The van der Waals surface area contributed by atoms with Gasteiger partial charge in [0.25, 0.3) is 0 Å². The number of rotatable bonds is 4. The van der Waals surface area contributed by atoms with Gasteiger partial charge in [-0.2, -0.15) is 12.6 Å². The standard InChI is InChI=1S/C18H22N4O4S3.C3H9N/c1-18-10-29-16(22-18)12-9-28-14(21-12)7-19-13(23)6-11(4-2-3-5-27)26-15(24)8-20-17(18)25;1-2-3-4/h2,4,9,11,27H,3,5-8,10H2,1H3,(H,19,23)(H,20,25);2-4H2,1H3/b4-2+;. The van der Waals surface area contributed by atoms with E-state index >= 15 is 0 Å². The first-order valence-electron chi connectivity index (χ1n) is 10.7. The van der Waals surface area contributed by atoms with Crippen molar-refractivity contribution in [1.82, 2.24) is 15.6 Å². The van der Waals surface area contributed by atoms with Gasteiger partial charge in [-0.25, -0.2) is 4.98 Å². The number of fused-ring (bicyclic) bond motifs is 4. The van der Waals surface area contributed by atoms with Crippen LogP contribution in [0, 0.1) is 0 Å². The Morgan fingerprint density at radius 1 is 1.33 bits per heavy atom. The predicted octanol–water partition coefficient (Wildman–Crippen LogP) is 1.67. The molecule has 0 saturated carbocycles. The van der Waals surface area contributed by atoms with Gasteiger partial charge in [0.1, 0.15) is 33.9 Å². The maximum Gasteiger partial charge on any atom is 0.326 e. The maximum atomic E-state index is 12.6. The third kappa shape index (κ3) is 8.76. The summed E-state index contributed by atoms with van der Waals surface area (Å²) in [6, 6.07) is 0. The Hall–Kier alpha value is -1.89. The first-order chi connectivity index (χ1) is 15.8. The highest BCUT2D eigenvalue weighted by Crippen LogP contribution is 2.31. The number of esters is 1. The molecular formula is C21H31N5O4S3. The lowest BCUT2D eigenvalue weighted by Crippen LogP contribution is -2.46. The minimum absolute atomic E-state index is 0.0126. The molecule has 0 aliphatic carbocycles. The Kier molecular flexibility index (Phi) is 11.4. The van der Waals surface area contributed by atoms with E-state index in [2.05, 4.69) is 40.2 Å². The number of amides is 2. The number of thioether (sulfide) groups is 1. The zero-order valence-corrected chi connectivity index (χ0v) is 21.4. The van der Waals surface area contributed by atoms with Crippen LogP contribution in [0.4, 0.5) is 0 Å². The Bertz CT molecular complexity index is 887. The van der Waals surface area contributed by atoms with Crippen LogP contribution >= 0.6 is 35.7 Å². The van der Waals surface area contributed by atoms with Crippen molar-refractivity contribution in [1.29, 1.82) is 0 Å². The van der Waals surface area contributed by atoms with Gasteiger partial charge in [-0.3, -0.25) is 19.4 Å². The summed E-state index contributed by atoms with van der Waals surface area (Å²) < 4.78 is 5.38. The van der Waals surface area contributed by atoms with Crippen molar-refractivity contribution < 1.29 is 19.1 Å². The molecule has 1 aromatic rings. The summed E-state index contributed by atoms with van der Waals surface area (Å²) in [5, 5.41) is 8.68. The van der Waals surface area contributed by atoms with Gasteiger partial charge in [-0.05, 0) is 38.1 Å². The quantitative estimate of drug-likeness (QED) is 0.273. The van der Waals surface area contributed by atoms with E-state index in [1.807, 2.05) is 11.5 Å². The molecule has 0 aromatic carbocycles. The van der Waals surface area contributed by atoms with Crippen LogP contribution < -0.4 is 16.4 Å². The number of carbonyl (C=O) groups excluding carboxylic acids is 3. The average molecular weight is 514 g/mol. The lowest BCUT2D eigenvalue weighted by Gasteiger charge is -2.19. The molecule has 3 heterocycles. The van der Waals surface area contributed by atoms with E-state index in [-0.39, 0.29) is 31.3 Å². The molecule has 4 N–H and O–H groups in total. The molecular weight excluding hydrogens is 482 g/mol. The Morgan fingerprint density at radius 3 is 2.79 bits per heavy atom. The smallest absolute Gasteiger partial charge is 0.326 e. The third-order valence-electron chi connectivity index (χ3n) is 4.53. The van der Waals surface area contributed by atoms with Crippen LogP contribution in [0.1, 0.15) is 43.8 Å². The number of nitrogens with two attached hydrogens (primary N) is 1. The summed E-state index contributed by atoms with van der Waals surface area (Å²) in [7, 11) is 0. The van der Waals surface area contributed by atoms with Crippen LogP contribution in [0.15, 0.2) is 22.5 Å². The number of allylic oxidation sites excluding steroid dienone is 1. The van der Waals surface area contributed by atoms with E-state index in [0.29, 0.717) is 28.7 Å². The van der Waals surface area contributed by atoms with Crippen LogP contribution in [-0.2, 0) is 25.7 Å². The lowest BCUT2D eigenvalue weighted by atomic mass is 10.1. The molecule has 0 fully saturated rings. The monoisotopic (exact) mass is 513 g/mol. The molecule has 9 nitrogen and oxygen atoms in total. The van der Waals surface area contributed by atoms with E-state index in [1.165, 1.54) is 23.1 Å². The highest BCUT2D eigenvalue weighted by molar-refractivity contribution is 8.14. The molecule has 2 amide bonds. The Labute approximate surface area is 207 Å². The number of thiol groups is 1. The Morgan fingerprint density at radius 2 is 2.09 bits per heavy atom. The SMILES string of the molecule is CC12CSC(=N1)c1csc(n1)CNC(=O)CC(/C=C/CCS)OC(=O)CNC2=O.CCCN. The second-order valence-corrected chi connectivity index (χ2v) is 9.88. The van der Waals surface area contributed by atoms with Gasteiger partial charge < -0.3 is 21.1 Å². The van der Waals surface area contributed by atoms with Crippen molar-refractivity contribution >= 4 is 58.6 Å². The molecule has 4 bridgehead atoms. The van der Waals surface area contributed by atoms with E-state index in [1.54, 1.807) is 13.0 Å². The molecule has 0 spiro atoms. The third-order valence-corrected chi connectivity index (χ3v) is 6.92. The fraction of sp³-hybridized carbons (Fsp3) is 0.571. The summed E-state index contributed by atoms with van der Waals surface area (Å²) in [5.74, 6) is -0.113. The fourth-order valence-electron chi connectivity index (χ4n) is 2.69. The van der Waals surface area contributed by atoms with E-state index in [9.17, 15) is 14.4 Å². The Balaban J connectivity index is 0.000000890. The number of hydrogen-bond donors (Lipinski definition) is 4. The van der Waals surface area contributed by atoms with Crippen LogP contribution in [0.2, 0.25) is 0 Å². The summed E-state index contributed by atoms with van der Waals surface area (Å²) in [4.78, 5) is 46.1. The second-order valence-electron chi connectivity index (χ2n) is 7.53. The summed E-state index contributed by atoms with van der Waals surface area (Å²) in [6.07, 6.45) is 4.54. The highest BCUT2D eigenvalue weighted by Gasteiger charge is 2.39. The highest BCUT2D eigenvalue weighted by atomic mass is 32.2. The first kappa shape index (κ1) is 27.4. The molecule has 2 unspecified atom stereocenters.